The van der Waals surface area contributed by atoms with Gasteiger partial charge in [0.05, 0.1) is 0 Å². The normalized spacial score (nSPS) is 16.4. The molecule has 3 amide bonds. The maximum atomic E-state index is 11.8. The Balaban J connectivity index is 1.85. The van der Waals surface area contributed by atoms with Gasteiger partial charge in [-0.3, -0.25) is 15.0 Å². The van der Waals surface area contributed by atoms with Gasteiger partial charge in [-0.1, -0.05) is 6.92 Å². The molecule has 120 valence electrons. The predicted molar refractivity (Wildman–Crippen MR) is 87.9 cm³/mol. The Morgan fingerprint density at radius 2 is 2.00 bits per heavy atom. The molecule has 1 fully saturated rings. The Hall–Kier alpha value is -2.08. The fraction of sp³-hybridized carbons (Fsp3) is 0.500. The third kappa shape index (κ3) is 4.46. The van der Waals surface area contributed by atoms with Crippen LogP contribution in [0.1, 0.15) is 26.2 Å². The highest BCUT2D eigenvalue weighted by Gasteiger charge is 2.23. The minimum absolute atomic E-state index is 0.217. The highest BCUT2D eigenvalue weighted by molar-refractivity contribution is 6.05. The van der Waals surface area contributed by atoms with Crippen LogP contribution in [-0.4, -0.2) is 31.6 Å². The predicted octanol–water partition coefficient (Wildman–Crippen LogP) is 1.92. The largest absolute Gasteiger partial charge is 0.385 e. The fourth-order valence-corrected chi connectivity index (χ4v) is 2.46. The molecule has 22 heavy (non-hydrogen) atoms. The van der Waals surface area contributed by atoms with Crippen molar-refractivity contribution >= 4 is 23.3 Å². The SMILES string of the molecule is C[C@@H](CCN)CCNc1ccc(N2CCC(=O)NC2=O)cc1. The number of rotatable bonds is 7. The van der Waals surface area contributed by atoms with Crippen LogP contribution < -0.4 is 21.3 Å². The molecule has 0 aromatic heterocycles. The lowest BCUT2D eigenvalue weighted by Gasteiger charge is -2.26. The lowest BCUT2D eigenvalue weighted by atomic mass is 10.0. The number of carbonyl (C=O) groups is 2. The van der Waals surface area contributed by atoms with Gasteiger partial charge in [0.25, 0.3) is 0 Å². The van der Waals surface area contributed by atoms with Gasteiger partial charge in [0, 0.05) is 30.9 Å². The number of hydrogen-bond acceptors (Lipinski definition) is 4. The third-order valence-electron chi connectivity index (χ3n) is 3.86. The molecule has 0 spiro atoms. The van der Waals surface area contributed by atoms with Crippen molar-refractivity contribution < 1.29 is 9.59 Å². The van der Waals surface area contributed by atoms with Gasteiger partial charge in [-0.15, -0.1) is 0 Å². The van der Waals surface area contributed by atoms with Crippen molar-refractivity contribution in [2.24, 2.45) is 11.7 Å². The van der Waals surface area contributed by atoms with Crippen LogP contribution in [0, 0.1) is 5.92 Å². The van der Waals surface area contributed by atoms with Crippen molar-refractivity contribution in [1.82, 2.24) is 5.32 Å². The molecule has 0 radical (unpaired) electrons. The van der Waals surface area contributed by atoms with E-state index in [0.717, 1.165) is 37.3 Å². The highest BCUT2D eigenvalue weighted by Crippen LogP contribution is 2.20. The molecule has 0 bridgehead atoms. The van der Waals surface area contributed by atoms with Crippen molar-refractivity contribution in [2.45, 2.75) is 26.2 Å². The van der Waals surface area contributed by atoms with E-state index in [4.69, 9.17) is 5.73 Å². The van der Waals surface area contributed by atoms with Crippen LogP contribution >= 0.6 is 0 Å². The average Bonchev–Trinajstić information content (AvgIpc) is 2.48. The highest BCUT2D eigenvalue weighted by atomic mass is 16.2. The number of nitrogens with zero attached hydrogens (tertiary/aromatic N) is 1. The van der Waals surface area contributed by atoms with Gasteiger partial charge in [0.2, 0.25) is 5.91 Å². The van der Waals surface area contributed by atoms with Crippen LogP contribution in [0.15, 0.2) is 24.3 Å². The molecule has 4 N–H and O–H groups in total. The topological polar surface area (TPSA) is 87.5 Å². The standard InChI is InChI=1S/C16H24N4O2/c1-12(6-9-17)7-10-18-13-2-4-14(5-3-13)20-11-8-15(21)19-16(20)22/h2-5,12,18H,6-11,17H2,1H3,(H,19,21,22)/t12-/m0/s1. The zero-order chi connectivity index (χ0) is 15.9. The molecular formula is C16H24N4O2. The Morgan fingerprint density at radius 3 is 2.64 bits per heavy atom. The quantitative estimate of drug-likeness (QED) is 0.718. The molecule has 0 aliphatic carbocycles. The maximum Gasteiger partial charge on any atom is 0.328 e. The Bertz CT molecular complexity index is 515. The van der Waals surface area contributed by atoms with Crippen LogP contribution in [0.4, 0.5) is 16.2 Å². The number of imide groups is 1. The van der Waals surface area contributed by atoms with E-state index in [1.165, 1.54) is 0 Å². The van der Waals surface area contributed by atoms with E-state index in [1.54, 1.807) is 4.90 Å². The summed E-state index contributed by atoms with van der Waals surface area (Å²) in [6.07, 6.45) is 2.46. The second-order valence-corrected chi connectivity index (χ2v) is 5.70. The molecule has 1 aliphatic rings. The summed E-state index contributed by atoms with van der Waals surface area (Å²) >= 11 is 0. The first-order chi connectivity index (χ1) is 10.6. The van der Waals surface area contributed by atoms with E-state index in [9.17, 15) is 9.59 Å². The summed E-state index contributed by atoms with van der Waals surface area (Å²) in [5, 5.41) is 5.69. The van der Waals surface area contributed by atoms with Crippen molar-refractivity contribution in [1.29, 1.82) is 0 Å². The lowest BCUT2D eigenvalue weighted by molar-refractivity contribution is -0.120. The molecule has 6 heteroatoms. The van der Waals surface area contributed by atoms with Crippen molar-refractivity contribution in [3.63, 3.8) is 0 Å². The molecule has 0 unspecified atom stereocenters. The van der Waals surface area contributed by atoms with E-state index >= 15 is 0 Å². The van der Waals surface area contributed by atoms with Crippen molar-refractivity contribution in [3.8, 4) is 0 Å². The third-order valence-corrected chi connectivity index (χ3v) is 3.86. The zero-order valence-corrected chi connectivity index (χ0v) is 13.0. The molecule has 1 aromatic carbocycles. The molecule has 1 saturated heterocycles. The number of amides is 3. The van der Waals surface area contributed by atoms with Crippen LogP contribution in [-0.2, 0) is 4.79 Å². The second kappa shape index (κ2) is 7.79. The lowest BCUT2D eigenvalue weighted by Crippen LogP contribution is -2.49. The Labute approximate surface area is 131 Å². The first kappa shape index (κ1) is 16.3. The van der Waals surface area contributed by atoms with E-state index in [-0.39, 0.29) is 11.9 Å². The van der Waals surface area contributed by atoms with Crippen LogP contribution in [0.5, 0.6) is 0 Å². The van der Waals surface area contributed by atoms with Gasteiger partial charge in [0.15, 0.2) is 0 Å². The van der Waals surface area contributed by atoms with Gasteiger partial charge >= 0.3 is 6.03 Å². The minimum atomic E-state index is -0.354. The van der Waals surface area contributed by atoms with Gasteiger partial charge in [-0.25, -0.2) is 4.79 Å². The molecule has 1 atom stereocenters. The number of benzene rings is 1. The molecular weight excluding hydrogens is 280 g/mol. The summed E-state index contributed by atoms with van der Waals surface area (Å²) in [5.41, 5.74) is 7.36. The van der Waals surface area contributed by atoms with Crippen LogP contribution in [0.2, 0.25) is 0 Å². The monoisotopic (exact) mass is 304 g/mol. The maximum absolute atomic E-state index is 11.8. The summed E-state index contributed by atoms with van der Waals surface area (Å²) in [6, 6.07) is 7.33. The smallest absolute Gasteiger partial charge is 0.328 e. The minimum Gasteiger partial charge on any atom is -0.385 e. The van der Waals surface area contributed by atoms with E-state index in [2.05, 4.69) is 17.6 Å². The summed E-state index contributed by atoms with van der Waals surface area (Å²) in [7, 11) is 0. The fourth-order valence-electron chi connectivity index (χ4n) is 2.46. The van der Waals surface area contributed by atoms with E-state index < -0.39 is 0 Å². The van der Waals surface area contributed by atoms with Crippen LogP contribution in [0.3, 0.4) is 0 Å². The molecule has 1 aliphatic heterocycles. The van der Waals surface area contributed by atoms with Gasteiger partial charge in [0.1, 0.15) is 0 Å². The molecule has 0 saturated carbocycles. The Morgan fingerprint density at radius 1 is 1.27 bits per heavy atom. The molecule has 2 rings (SSSR count). The second-order valence-electron chi connectivity index (χ2n) is 5.70. The summed E-state index contributed by atoms with van der Waals surface area (Å²) in [4.78, 5) is 24.5. The number of urea groups is 1. The average molecular weight is 304 g/mol. The molecule has 1 aromatic rings. The van der Waals surface area contributed by atoms with Crippen molar-refractivity contribution in [2.75, 3.05) is 29.9 Å². The molecule has 6 nitrogen and oxygen atoms in total. The van der Waals surface area contributed by atoms with E-state index in [1.807, 2.05) is 24.3 Å². The molecule has 1 heterocycles. The Kier molecular flexibility index (Phi) is 5.77. The summed E-state index contributed by atoms with van der Waals surface area (Å²) in [5.74, 6) is 0.400. The summed E-state index contributed by atoms with van der Waals surface area (Å²) in [6.45, 7) is 4.26. The van der Waals surface area contributed by atoms with Crippen molar-refractivity contribution in [3.05, 3.63) is 24.3 Å². The zero-order valence-electron chi connectivity index (χ0n) is 13.0. The van der Waals surface area contributed by atoms with Gasteiger partial charge in [-0.05, 0) is 49.6 Å². The number of nitrogens with one attached hydrogen (secondary N) is 2. The number of hydrogen-bond donors (Lipinski definition) is 3. The van der Waals surface area contributed by atoms with E-state index in [0.29, 0.717) is 18.9 Å². The first-order valence-electron chi connectivity index (χ1n) is 7.75. The number of anilines is 2. The van der Waals surface area contributed by atoms with Gasteiger partial charge in [-0.2, -0.15) is 0 Å². The van der Waals surface area contributed by atoms with Gasteiger partial charge < -0.3 is 11.1 Å². The summed E-state index contributed by atoms with van der Waals surface area (Å²) < 4.78 is 0. The number of nitrogens with two attached hydrogens (primary N) is 1. The first-order valence-corrected chi connectivity index (χ1v) is 7.75. The number of carbonyl (C=O) groups excluding carboxylic acids is 2. The van der Waals surface area contributed by atoms with Crippen LogP contribution in [0.25, 0.3) is 0 Å².